The lowest BCUT2D eigenvalue weighted by atomic mass is 9.85. The Balaban J connectivity index is 1.63. The van der Waals surface area contributed by atoms with Gasteiger partial charge in [0.1, 0.15) is 0 Å². The molecule has 0 radical (unpaired) electrons. The minimum atomic E-state index is -0.404. The quantitative estimate of drug-likeness (QED) is 0.767. The molecule has 1 aliphatic rings. The van der Waals surface area contributed by atoms with Gasteiger partial charge in [-0.3, -0.25) is 9.78 Å². The Morgan fingerprint density at radius 3 is 2.34 bits per heavy atom. The monoisotopic (exact) mass is 393 g/mol. The first-order chi connectivity index (χ1) is 13.8. The molecule has 29 heavy (non-hydrogen) atoms. The molecule has 2 atom stereocenters. The fraction of sp³-hybridized carbons (Fsp3) is 0.520. The fourth-order valence-corrected chi connectivity index (χ4v) is 4.09. The van der Waals surface area contributed by atoms with Gasteiger partial charge >= 0.3 is 0 Å². The van der Waals surface area contributed by atoms with E-state index in [1.54, 1.807) is 0 Å². The van der Waals surface area contributed by atoms with Crippen molar-refractivity contribution in [3.63, 3.8) is 0 Å². The van der Waals surface area contributed by atoms with Gasteiger partial charge in [-0.15, -0.1) is 0 Å². The molecule has 0 spiro atoms. The lowest BCUT2D eigenvalue weighted by Crippen LogP contribution is -2.44. The Labute approximate surface area is 175 Å². The number of pyridine rings is 1. The van der Waals surface area contributed by atoms with E-state index in [4.69, 9.17) is 0 Å². The average molecular weight is 394 g/mol. The van der Waals surface area contributed by atoms with Gasteiger partial charge in [0, 0.05) is 18.2 Å². The van der Waals surface area contributed by atoms with Crippen molar-refractivity contribution < 1.29 is 4.79 Å². The normalized spacial score (nSPS) is 18.2. The van der Waals surface area contributed by atoms with Crippen molar-refractivity contribution in [2.24, 2.45) is 11.3 Å². The van der Waals surface area contributed by atoms with Gasteiger partial charge in [-0.25, -0.2) is 0 Å². The van der Waals surface area contributed by atoms with Crippen LogP contribution in [0.3, 0.4) is 0 Å². The number of hydrogen-bond acceptors (Lipinski definition) is 3. The minimum Gasteiger partial charge on any atom is -0.347 e. The fourth-order valence-electron chi connectivity index (χ4n) is 4.09. The van der Waals surface area contributed by atoms with Crippen molar-refractivity contribution in [1.29, 1.82) is 0 Å². The second-order valence-corrected chi connectivity index (χ2v) is 9.41. The number of carbonyl (C=O) groups excluding carboxylic acids is 1. The zero-order valence-electron chi connectivity index (χ0n) is 18.3. The highest BCUT2D eigenvalue weighted by molar-refractivity contribution is 5.81. The third-order valence-corrected chi connectivity index (χ3v) is 5.98. The highest BCUT2D eigenvalue weighted by Gasteiger charge is 2.32. The van der Waals surface area contributed by atoms with E-state index < -0.39 is 5.41 Å². The molecule has 1 aromatic heterocycles. The molecule has 2 aromatic rings. The molecular weight excluding hydrogens is 358 g/mol. The van der Waals surface area contributed by atoms with Gasteiger partial charge in [-0.1, -0.05) is 64.1 Å². The van der Waals surface area contributed by atoms with E-state index in [-0.39, 0.29) is 11.9 Å². The zero-order chi connectivity index (χ0) is 20.9. The molecule has 1 aliphatic heterocycles. The molecular formula is C25H35N3O. The summed E-state index contributed by atoms with van der Waals surface area (Å²) in [6.07, 6.45) is 3.97. The van der Waals surface area contributed by atoms with E-state index in [9.17, 15) is 4.79 Å². The zero-order valence-corrected chi connectivity index (χ0v) is 18.3. The Kier molecular flexibility index (Phi) is 7.07. The average Bonchev–Trinajstić information content (AvgIpc) is 2.73. The summed E-state index contributed by atoms with van der Waals surface area (Å²) < 4.78 is 0. The first-order valence-electron chi connectivity index (χ1n) is 10.8. The van der Waals surface area contributed by atoms with Gasteiger partial charge in [-0.05, 0) is 55.5 Å². The van der Waals surface area contributed by atoms with Gasteiger partial charge in [0.25, 0.3) is 0 Å². The van der Waals surface area contributed by atoms with Crippen LogP contribution in [-0.2, 0) is 4.79 Å². The smallest absolute Gasteiger partial charge is 0.225 e. The van der Waals surface area contributed by atoms with Crippen molar-refractivity contribution in [3.8, 4) is 0 Å². The number of likely N-dealkylation sites (tertiary alicyclic amines) is 1. The summed E-state index contributed by atoms with van der Waals surface area (Å²) in [5.74, 6) is 1.03. The standard InChI is InChI=1S/C25H35N3O/c1-19(20-10-6-5-7-11-20)18-28-16-13-21(14-17-28)23(22-12-8-9-15-26-22)27-24(29)25(2,3)4/h5-12,15,19,21,23H,13-14,16-18H2,1-4H3,(H,27,29)/t19-,23+/m0/s1. The van der Waals surface area contributed by atoms with Crippen LogP contribution >= 0.6 is 0 Å². The van der Waals surface area contributed by atoms with Crippen molar-refractivity contribution in [2.45, 2.75) is 52.5 Å². The van der Waals surface area contributed by atoms with E-state index in [0.29, 0.717) is 11.8 Å². The maximum atomic E-state index is 12.7. The molecule has 0 bridgehead atoms. The number of nitrogens with zero attached hydrogens (tertiary/aromatic N) is 2. The van der Waals surface area contributed by atoms with E-state index in [2.05, 4.69) is 52.5 Å². The van der Waals surface area contributed by atoms with Crippen LogP contribution in [0.4, 0.5) is 0 Å². The molecule has 0 unspecified atom stereocenters. The largest absolute Gasteiger partial charge is 0.347 e. The molecule has 1 fully saturated rings. The molecule has 4 nitrogen and oxygen atoms in total. The summed E-state index contributed by atoms with van der Waals surface area (Å²) in [6, 6.07) is 16.7. The number of benzene rings is 1. The number of piperidine rings is 1. The molecule has 4 heteroatoms. The lowest BCUT2D eigenvalue weighted by molar-refractivity contribution is -0.129. The Morgan fingerprint density at radius 2 is 1.76 bits per heavy atom. The van der Waals surface area contributed by atoms with Gasteiger partial charge in [0.05, 0.1) is 11.7 Å². The first kappa shape index (κ1) is 21.5. The predicted molar refractivity (Wildman–Crippen MR) is 119 cm³/mol. The molecule has 1 amide bonds. The summed E-state index contributed by atoms with van der Waals surface area (Å²) in [4.78, 5) is 19.8. The van der Waals surface area contributed by atoms with Crippen LogP contribution < -0.4 is 5.32 Å². The summed E-state index contributed by atoms with van der Waals surface area (Å²) in [6.45, 7) is 11.4. The van der Waals surface area contributed by atoms with Crippen LogP contribution in [0.1, 0.15) is 63.8 Å². The molecule has 2 heterocycles. The molecule has 156 valence electrons. The van der Waals surface area contributed by atoms with E-state index >= 15 is 0 Å². The summed E-state index contributed by atoms with van der Waals surface area (Å²) in [5.41, 5.74) is 1.97. The predicted octanol–water partition coefficient (Wildman–Crippen LogP) is 4.80. The van der Waals surface area contributed by atoms with Crippen LogP contribution in [0.2, 0.25) is 0 Å². The number of rotatable bonds is 6. The van der Waals surface area contributed by atoms with E-state index in [1.165, 1.54) is 5.56 Å². The van der Waals surface area contributed by atoms with E-state index in [1.807, 2.05) is 45.2 Å². The Bertz CT molecular complexity index is 762. The number of hydrogen-bond donors (Lipinski definition) is 1. The van der Waals surface area contributed by atoms with Crippen LogP contribution in [0, 0.1) is 11.3 Å². The van der Waals surface area contributed by atoms with Gasteiger partial charge in [0.15, 0.2) is 0 Å². The summed E-state index contributed by atoms with van der Waals surface area (Å²) >= 11 is 0. The topological polar surface area (TPSA) is 45.2 Å². The highest BCUT2D eigenvalue weighted by Crippen LogP contribution is 2.32. The van der Waals surface area contributed by atoms with E-state index in [0.717, 1.165) is 38.2 Å². The number of nitrogens with one attached hydrogen (secondary N) is 1. The molecule has 3 rings (SSSR count). The summed E-state index contributed by atoms with van der Waals surface area (Å²) in [7, 11) is 0. The Morgan fingerprint density at radius 1 is 1.10 bits per heavy atom. The van der Waals surface area contributed by atoms with Gasteiger partial charge < -0.3 is 10.2 Å². The summed E-state index contributed by atoms with van der Waals surface area (Å²) in [5, 5.41) is 3.30. The van der Waals surface area contributed by atoms with Crippen LogP contribution in [0.15, 0.2) is 54.7 Å². The second-order valence-electron chi connectivity index (χ2n) is 9.41. The lowest BCUT2D eigenvalue weighted by Gasteiger charge is -2.38. The third kappa shape index (κ3) is 5.89. The number of amides is 1. The van der Waals surface area contributed by atoms with Crippen LogP contribution in [-0.4, -0.2) is 35.4 Å². The highest BCUT2D eigenvalue weighted by atomic mass is 16.2. The third-order valence-electron chi connectivity index (χ3n) is 5.98. The molecule has 1 aromatic carbocycles. The SMILES string of the molecule is C[C@@H](CN1CCC([C@@H](NC(=O)C(C)(C)C)c2ccccn2)CC1)c1ccccc1. The Hall–Kier alpha value is -2.20. The maximum absolute atomic E-state index is 12.7. The van der Waals surface area contributed by atoms with Gasteiger partial charge in [0.2, 0.25) is 5.91 Å². The van der Waals surface area contributed by atoms with Gasteiger partial charge in [-0.2, -0.15) is 0 Å². The first-order valence-corrected chi connectivity index (χ1v) is 10.8. The van der Waals surface area contributed by atoms with Crippen molar-refractivity contribution >= 4 is 5.91 Å². The van der Waals surface area contributed by atoms with Crippen LogP contribution in [0.25, 0.3) is 0 Å². The molecule has 1 N–H and O–H groups in total. The molecule has 0 saturated carbocycles. The number of aromatic nitrogens is 1. The number of carbonyl (C=O) groups is 1. The molecule has 0 aliphatic carbocycles. The second kappa shape index (κ2) is 9.53. The van der Waals surface area contributed by atoms with Crippen molar-refractivity contribution in [3.05, 3.63) is 66.0 Å². The molecule has 1 saturated heterocycles. The van der Waals surface area contributed by atoms with Crippen molar-refractivity contribution in [2.75, 3.05) is 19.6 Å². The van der Waals surface area contributed by atoms with Crippen LogP contribution in [0.5, 0.6) is 0 Å². The minimum absolute atomic E-state index is 0.0170. The van der Waals surface area contributed by atoms with Crippen molar-refractivity contribution in [1.82, 2.24) is 15.2 Å². The maximum Gasteiger partial charge on any atom is 0.225 e.